The Kier molecular flexibility index (Phi) is 5.08. The lowest BCUT2D eigenvalue weighted by Crippen LogP contribution is -2.37. The van der Waals surface area contributed by atoms with E-state index in [1.54, 1.807) is 12.1 Å². The van der Waals surface area contributed by atoms with Crippen LogP contribution in [0.4, 0.5) is 11.4 Å². The minimum absolute atomic E-state index is 0.0960. The number of anilines is 2. The molecule has 3 N–H and O–H groups in total. The highest BCUT2D eigenvalue weighted by molar-refractivity contribution is 7.92. The highest BCUT2D eigenvalue weighted by Crippen LogP contribution is 2.27. The molecular formula is C13H18ClN3O3S. The number of hydrogen-bond acceptors (Lipinski definition) is 4. The Balaban J connectivity index is 2.11. The lowest BCUT2D eigenvalue weighted by Gasteiger charge is -2.22. The van der Waals surface area contributed by atoms with Crippen LogP contribution in [0, 0.1) is 5.92 Å². The van der Waals surface area contributed by atoms with Crippen LogP contribution in [-0.2, 0) is 14.8 Å². The average Bonchev–Trinajstić information content (AvgIpc) is 2.42. The molecule has 6 nitrogen and oxygen atoms in total. The van der Waals surface area contributed by atoms with Gasteiger partial charge in [0, 0.05) is 6.54 Å². The van der Waals surface area contributed by atoms with Gasteiger partial charge in [-0.25, -0.2) is 8.42 Å². The summed E-state index contributed by atoms with van der Waals surface area (Å²) in [4.78, 5) is 12.2. The van der Waals surface area contributed by atoms with E-state index < -0.39 is 10.0 Å². The van der Waals surface area contributed by atoms with Crippen molar-refractivity contribution in [2.75, 3.05) is 29.4 Å². The first-order valence-corrected chi connectivity index (χ1v) is 8.91. The van der Waals surface area contributed by atoms with Crippen molar-refractivity contribution in [3.8, 4) is 0 Å². The highest BCUT2D eigenvalue weighted by Gasteiger charge is 2.21. The number of benzene rings is 1. The van der Waals surface area contributed by atoms with Crippen molar-refractivity contribution in [2.45, 2.75) is 12.8 Å². The zero-order chi connectivity index (χ0) is 15.5. The van der Waals surface area contributed by atoms with Crippen LogP contribution in [0.3, 0.4) is 0 Å². The second kappa shape index (κ2) is 6.64. The van der Waals surface area contributed by atoms with Crippen molar-refractivity contribution in [2.24, 2.45) is 5.92 Å². The van der Waals surface area contributed by atoms with Crippen LogP contribution in [0.25, 0.3) is 0 Å². The Hall–Kier alpha value is -1.31. The maximum absolute atomic E-state index is 12.2. The third-order valence-corrected chi connectivity index (χ3v) is 4.13. The molecule has 0 bridgehead atoms. The molecule has 1 heterocycles. The highest BCUT2D eigenvalue weighted by atomic mass is 35.5. The second-order valence-corrected chi connectivity index (χ2v) is 7.26. The molecule has 8 heteroatoms. The van der Waals surface area contributed by atoms with Crippen LogP contribution in [-0.4, -0.2) is 33.7 Å². The Morgan fingerprint density at radius 3 is 2.81 bits per heavy atom. The molecule has 116 valence electrons. The molecular weight excluding hydrogens is 314 g/mol. The van der Waals surface area contributed by atoms with E-state index in [0.29, 0.717) is 22.9 Å². The van der Waals surface area contributed by atoms with Crippen molar-refractivity contribution < 1.29 is 13.2 Å². The molecule has 0 radical (unpaired) electrons. The van der Waals surface area contributed by atoms with Crippen molar-refractivity contribution >= 4 is 38.9 Å². The van der Waals surface area contributed by atoms with Crippen LogP contribution in [0.1, 0.15) is 12.8 Å². The lowest BCUT2D eigenvalue weighted by atomic mass is 9.99. The van der Waals surface area contributed by atoms with Gasteiger partial charge < -0.3 is 10.6 Å². The summed E-state index contributed by atoms with van der Waals surface area (Å²) >= 11 is 6.04. The number of carbonyl (C=O) groups excluding carboxylic acids is 1. The average molecular weight is 332 g/mol. The third kappa shape index (κ3) is 4.87. The summed E-state index contributed by atoms with van der Waals surface area (Å²) in [7, 11) is -3.37. The predicted octanol–water partition coefficient (Wildman–Crippen LogP) is 1.65. The number of nitrogens with one attached hydrogen (secondary N) is 3. The number of halogens is 1. The fraction of sp³-hybridized carbons (Fsp3) is 0.462. The summed E-state index contributed by atoms with van der Waals surface area (Å²) in [5.41, 5.74) is 0.764. The molecule has 1 aliphatic heterocycles. The number of carbonyl (C=O) groups is 1. The zero-order valence-corrected chi connectivity index (χ0v) is 13.2. The largest absolute Gasteiger partial charge is 0.324 e. The van der Waals surface area contributed by atoms with Gasteiger partial charge in [-0.2, -0.15) is 0 Å². The summed E-state index contributed by atoms with van der Waals surface area (Å²) in [6, 6.07) is 4.60. The molecule has 1 aromatic rings. The SMILES string of the molecule is CS(=O)(=O)Nc1ccc(Cl)c(NC(=O)C2CCCNC2)c1. The van der Waals surface area contributed by atoms with E-state index in [9.17, 15) is 13.2 Å². The summed E-state index contributed by atoms with van der Waals surface area (Å²) in [5.74, 6) is -0.207. The maximum atomic E-state index is 12.2. The molecule has 1 amide bonds. The van der Waals surface area contributed by atoms with Gasteiger partial charge in [-0.1, -0.05) is 11.6 Å². The molecule has 0 saturated carbocycles. The standard InChI is InChI=1S/C13H18ClN3O3S/c1-21(19,20)17-10-4-5-11(14)12(7-10)16-13(18)9-3-2-6-15-8-9/h4-5,7,9,15,17H,2-3,6,8H2,1H3,(H,16,18). The van der Waals surface area contributed by atoms with E-state index in [1.807, 2.05) is 0 Å². The fourth-order valence-corrected chi connectivity index (χ4v) is 2.93. The van der Waals surface area contributed by atoms with Gasteiger partial charge >= 0.3 is 0 Å². The minimum Gasteiger partial charge on any atom is -0.324 e. The molecule has 1 atom stereocenters. The van der Waals surface area contributed by atoms with Crippen LogP contribution < -0.4 is 15.4 Å². The van der Waals surface area contributed by atoms with Crippen molar-refractivity contribution in [1.82, 2.24) is 5.32 Å². The predicted molar refractivity (Wildman–Crippen MR) is 84.1 cm³/mol. The van der Waals surface area contributed by atoms with Crippen LogP contribution in [0.2, 0.25) is 5.02 Å². The van der Waals surface area contributed by atoms with Gasteiger partial charge in [-0.15, -0.1) is 0 Å². The molecule has 0 aliphatic carbocycles. The van der Waals surface area contributed by atoms with Gasteiger partial charge in [0.25, 0.3) is 0 Å². The van der Waals surface area contributed by atoms with Crippen molar-refractivity contribution in [3.05, 3.63) is 23.2 Å². The van der Waals surface area contributed by atoms with E-state index in [2.05, 4.69) is 15.4 Å². The van der Waals surface area contributed by atoms with Gasteiger partial charge in [0.15, 0.2) is 0 Å². The number of amides is 1. The van der Waals surface area contributed by atoms with Crippen molar-refractivity contribution in [1.29, 1.82) is 0 Å². The van der Waals surface area contributed by atoms with Gasteiger partial charge in [0.2, 0.25) is 15.9 Å². The fourth-order valence-electron chi connectivity index (χ4n) is 2.21. The summed E-state index contributed by atoms with van der Waals surface area (Å²) < 4.78 is 24.8. The quantitative estimate of drug-likeness (QED) is 0.783. The molecule has 21 heavy (non-hydrogen) atoms. The normalized spacial score (nSPS) is 19.0. The Bertz CT molecular complexity index is 628. The molecule has 1 fully saturated rings. The smallest absolute Gasteiger partial charge is 0.229 e. The molecule has 2 rings (SSSR count). The molecule has 1 aromatic carbocycles. The van der Waals surface area contributed by atoms with E-state index in [4.69, 9.17) is 11.6 Å². The third-order valence-electron chi connectivity index (χ3n) is 3.20. The van der Waals surface area contributed by atoms with Gasteiger partial charge in [-0.05, 0) is 37.6 Å². The van der Waals surface area contributed by atoms with E-state index in [0.717, 1.165) is 25.6 Å². The van der Waals surface area contributed by atoms with Crippen LogP contribution in [0.5, 0.6) is 0 Å². The number of rotatable bonds is 4. The van der Waals surface area contributed by atoms with Crippen LogP contribution >= 0.6 is 11.6 Å². The number of sulfonamides is 1. The van der Waals surface area contributed by atoms with Gasteiger partial charge in [0.1, 0.15) is 0 Å². The molecule has 0 aromatic heterocycles. The Morgan fingerprint density at radius 1 is 1.43 bits per heavy atom. The van der Waals surface area contributed by atoms with E-state index >= 15 is 0 Å². The Morgan fingerprint density at radius 2 is 2.19 bits per heavy atom. The number of piperidine rings is 1. The first kappa shape index (κ1) is 16.1. The van der Waals surface area contributed by atoms with Crippen LogP contribution in [0.15, 0.2) is 18.2 Å². The zero-order valence-electron chi connectivity index (χ0n) is 11.6. The van der Waals surface area contributed by atoms with Gasteiger partial charge in [0.05, 0.1) is 28.6 Å². The Labute approximate surface area is 129 Å². The second-order valence-electron chi connectivity index (χ2n) is 5.10. The lowest BCUT2D eigenvalue weighted by molar-refractivity contribution is -0.120. The molecule has 1 aliphatic rings. The maximum Gasteiger partial charge on any atom is 0.229 e. The molecule has 1 unspecified atom stereocenters. The summed E-state index contributed by atoms with van der Waals surface area (Å²) in [6.07, 6.45) is 2.85. The topological polar surface area (TPSA) is 87.3 Å². The first-order valence-electron chi connectivity index (χ1n) is 6.64. The van der Waals surface area contributed by atoms with E-state index in [1.165, 1.54) is 6.07 Å². The molecule has 0 spiro atoms. The summed E-state index contributed by atoms with van der Waals surface area (Å²) in [5, 5.41) is 6.30. The minimum atomic E-state index is -3.37. The summed E-state index contributed by atoms with van der Waals surface area (Å²) in [6.45, 7) is 1.57. The van der Waals surface area contributed by atoms with E-state index in [-0.39, 0.29) is 11.8 Å². The molecule has 1 saturated heterocycles. The van der Waals surface area contributed by atoms with Gasteiger partial charge in [-0.3, -0.25) is 9.52 Å². The monoisotopic (exact) mass is 331 g/mol. The first-order chi connectivity index (χ1) is 9.85. The number of hydrogen-bond donors (Lipinski definition) is 3. The van der Waals surface area contributed by atoms with Crippen molar-refractivity contribution in [3.63, 3.8) is 0 Å².